The van der Waals surface area contributed by atoms with Gasteiger partial charge in [-0.15, -0.1) is 0 Å². The standard InChI is InChI=1S/C29H29N3O4S/c1-20-10-15-23(37(34,35)32-16-6-3-7-17-32)18-27(20)31-29(33)25-19-28(21-11-13-22(36-2)14-12-21)30-26-9-5-4-8-24(25)26/h4-5,8-15,18-19H,3,6-7,16-17H2,1-2H3,(H,31,33). The summed E-state index contributed by atoms with van der Waals surface area (Å²) in [6, 6.07) is 21.7. The van der Waals surface area contributed by atoms with Crippen LogP contribution in [0.5, 0.6) is 5.75 Å². The molecule has 1 fully saturated rings. The number of aromatic nitrogens is 1. The third-order valence-electron chi connectivity index (χ3n) is 6.76. The number of nitrogens with zero attached hydrogens (tertiary/aromatic N) is 2. The van der Waals surface area contributed by atoms with Gasteiger partial charge in [-0.3, -0.25) is 4.79 Å². The smallest absolute Gasteiger partial charge is 0.256 e. The van der Waals surface area contributed by atoms with Crippen LogP contribution in [0.2, 0.25) is 0 Å². The van der Waals surface area contributed by atoms with Crippen molar-refractivity contribution in [2.45, 2.75) is 31.1 Å². The normalized spacial score (nSPS) is 14.4. The molecule has 1 N–H and O–H groups in total. The number of benzene rings is 3. The maximum Gasteiger partial charge on any atom is 0.256 e. The van der Waals surface area contributed by atoms with Crippen molar-refractivity contribution in [2.24, 2.45) is 0 Å². The quantitative estimate of drug-likeness (QED) is 0.359. The SMILES string of the molecule is COc1ccc(-c2cc(C(=O)Nc3cc(S(=O)(=O)N4CCCCC4)ccc3C)c3ccccc3n2)cc1. The van der Waals surface area contributed by atoms with Gasteiger partial charge >= 0.3 is 0 Å². The summed E-state index contributed by atoms with van der Waals surface area (Å²) >= 11 is 0. The molecule has 7 nitrogen and oxygen atoms in total. The Morgan fingerprint density at radius 3 is 2.41 bits per heavy atom. The lowest BCUT2D eigenvalue weighted by molar-refractivity contribution is 0.102. The van der Waals surface area contributed by atoms with Gasteiger partial charge in [0, 0.05) is 29.7 Å². The van der Waals surface area contributed by atoms with Crippen molar-refractivity contribution in [2.75, 3.05) is 25.5 Å². The third kappa shape index (κ3) is 5.08. The Bertz CT molecular complexity index is 1560. The molecule has 2 heterocycles. The van der Waals surface area contributed by atoms with E-state index in [1.54, 1.807) is 31.4 Å². The van der Waals surface area contributed by atoms with E-state index < -0.39 is 10.0 Å². The second kappa shape index (κ2) is 10.3. The fourth-order valence-corrected chi connectivity index (χ4v) is 6.16. The van der Waals surface area contributed by atoms with E-state index >= 15 is 0 Å². The molecule has 1 saturated heterocycles. The highest BCUT2D eigenvalue weighted by molar-refractivity contribution is 7.89. The Balaban J connectivity index is 1.51. The van der Waals surface area contributed by atoms with Crippen LogP contribution >= 0.6 is 0 Å². The molecule has 1 aliphatic rings. The van der Waals surface area contributed by atoms with Crippen molar-refractivity contribution in [1.82, 2.24) is 9.29 Å². The van der Waals surface area contributed by atoms with Crippen LogP contribution in [0.15, 0.2) is 77.7 Å². The van der Waals surface area contributed by atoms with E-state index in [9.17, 15) is 13.2 Å². The van der Waals surface area contributed by atoms with Gasteiger partial charge in [0.05, 0.1) is 28.8 Å². The first kappa shape index (κ1) is 24.9. The zero-order valence-corrected chi connectivity index (χ0v) is 21.7. The van der Waals surface area contributed by atoms with Gasteiger partial charge in [-0.1, -0.05) is 30.7 Å². The average molecular weight is 516 g/mol. The van der Waals surface area contributed by atoms with Crippen molar-refractivity contribution in [3.05, 3.63) is 83.9 Å². The Hall–Kier alpha value is -3.75. The lowest BCUT2D eigenvalue weighted by Gasteiger charge is -2.26. The number of pyridine rings is 1. The minimum absolute atomic E-state index is 0.189. The Labute approximate surface area is 217 Å². The molecule has 0 bridgehead atoms. The van der Waals surface area contributed by atoms with E-state index in [1.807, 2.05) is 55.5 Å². The number of ether oxygens (including phenoxy) is 1. The summed E-state index contributed by atoms with van der Waals surface area (Å²) in [4.78, 5) is 18.6. The third-order valence-corrected chi connectivity index (χ3v) is 8.65. The molecule has 190 valence electrons. The van der Waals surface area contributed by atoms with Gasteiger partial charge in [-0.05, 0) is 73.9 Å². The van der Waals surface area contributed by atoms with Gasteiger partial charge in [0.1, 0.15) is 5.75 Å². The second-order valence-electron chi connectivity index (χ2n) is 9.20. The lowest BCUT2D eigenvalue weighted by Crippen LogP contribution is -2.35. The van der Waals surface area contributed by atoms with E-state index in [2.05, 4.69) is 5.32 Å². The predicted molar refractivity (Wildman–Crippen MR) is 145 cm³/mol. The summed E-state index contributed by atoms with van der Waals surface area (Å²) < 4.78 is 33.2. The number of amides is 1. The van der Waals surface area contributed by atoms with E-state index in [0.717, 1.165) is 36.1 Å². The van der Waals surface area contributed by atoms with Gasteiger partial charge in [0.2, 0.25) is 10.0 Å². The highest BCUT2D eigenvalue weighted by atomic mass is 32.2. The van der Waals surface area contributed by atoms with Crippen molar-refractivity contribution < 1.29 is 17.9 Å². The number of methoxy groups -OCH3 is 1. The van der Waals surface area contributed by atoms with Crippen LogP contribution in [0.3, 0.4) is 0 Å². The highest BCUT2D eigenvalue weighted by Crippen LogP contribution is 2.29. The summed E-state index contributed by atoms with van der Waals surface area (Å²) in [5.74, 6) is 0.404. The average Bonchev–Trinajstić information content (AvgIpc) is 2.94. The van der Waals surface area contributed by atoms with Crippen LogP contribution < -0.4 is 10.1 Å². The van der Waals surface area contributed by atoms with Crippen molar-refractivity contribution >= 4 is 32.5 Å². The number of rotatable bonds is 6. The van der Waals surface area contributed by atoms with Crippen molar-refractivity contribution in [1.29, 1.82) is 0 Å². The molecule has 0 atom stereocenters. The molecule has 1 aromatic heterocycles. The molecular formula is C29H29N3O4S. The molecule has 5 rings (SSSR count). The largest absolute Gasteiger partial charge is 0.497 e. The monoisotopic (exact) mass is 515 g/mol. The second-order valence-corrected chi connectivity index (χ2v) is 11.1. The van der Waals surface area contributed by atoms with E-state index in [0.29, 0.717) is 40.9 Å². The first-order chi connectivity index (χ1) is 17.9. The summed E-state index contributed by atoms with van der Waals surface area (Å²) in [6.07, 6.45) is 2.76. The highest BCUT2D eigenvalue weighted by Gasteiger charge is 2.26. The molecule has 37 heavy (non-hydrogen) atoms. The summed E-state index contributed by atoms with van der Waals surface area (Å²) in [6.45, 7) is 2.89. The molecule has 1 aliphatic heterocycles. The molecule has 0 unspecified atom stereocenters. The first-order valence-electron chi connectivity index (χ1n) is 12.3. The fourth-order valence-electron chi connectivity index (χ4n) is 4.61. The van der Waals surface area contributed by atoms with Crippen LogP contribution in [0.25, 0.3) is 22.2 Å². The molecule has 0 radical (unpaired) electrons. The number of sulfonamides is 1. The van der Waals surface area contributed by atoms with Crippen molar-refractivity contribution in [3.63, 3.8) is 0 Å². The maximum atomic E-state index is 13.6. The van der Waals surface area contributed by atoms with E-state index in [4.69, 9.17) is 9.72 Å². The predicted octanol–water partition coefficient (Wildman–Crippen LogP) is 5.65. The molecule has 0 saturated carbocycles. The van der Waals surface area contributed by atoms with Gasteiger partial charge in [-0.25, -0.2) is 13.4 Å². The molecule has 8 heteroatoms. The summed E-state index contributed by atoms with van der Waals surface area (Å²) in [5, 5.41) is 3.68. The molecule has 0 aliphatic carbocycles. The van der Waals surface area contributed by atoms with Crippen LogP contribution in [-0.2, 0) is 10.0 Å². The number of aryl methyl sites for hydroxylation is 1. The number of hydrogen-bond acceptors (Lipinski definition) is 5. The molecule has 3 aromatic carbocycles. The number of hydrogen-bond donors (Lipinski definition) is 1. The van der Waals surface area contributed by atoms with Gasteiger partial charge in [0.15, 0.2) is 0 Å². The van der Waals surface area contributed by atoms with Crippen LogP contribution in [0, 0.1) is 6.92 Å². The van der Waals surface area contributed by atoms with Gasteiger partial charge < -0.3 is 10.1 Å². The number of piperidine rings is 1. The van der Waals surface area contributed by atoms with E-state index in [-0.39, 0.29) is 10.8 Å². The zero-order valence-electron chi connectivity index (χ0n) is 20.9. The summed E-state index contributed by atoms with van der Waals surface area (Å²) in [7, 11) is -2.01. The number of carbonyl (C=O) groups is 1. The topological polar surface area (TPSA) is 88.6 Å². The van der Waals surface area contributed by atoms with Gasteiger partial charge in [0.25, 0.3) is 5.91 Å². The Morgan fingerprint density at radius 1 is 0.946 bits per heavy atom. The number of nitrogens with one attached hydrogen (secondary N) is 1. The maximum absolute atomic E-state index is 13.6. The number of carbonyl (C=O) groups excluding carboxylic acids is 1. The molecule has 4 aromatic rings. The number of anilines is 1. The van der Waals surface area contributed by atoms with Crippen molar-refractivity contribution in [3.8, 4) is 17.0 Å². The Morgan fingerprint density at radius 2 is 1.68 bits per heavy atom. The zero-order chi connectivity index (χ0) is 26.0. The lowest BCUT2D eigenvalue weighted by atomic mass is 10.0. The first-order valence-corrected chi connectivity index (χ1v) is 13.8. The van der Waals surface area contributed by atoms with Gasteiger partial charge in [-0.2, -0.15) is 4.31 Å². The van der Waals surface area contributed by atoms with E-state index in [1.165, 1.54) is 4.31 Å². The minimum atomic E-state index is -3.62. The fraction of sp³-hybridized carbons (Fsp3) is 0.241. The minimum Gasteiger partial charge on any atom is -0.497 e. The number of fused-ring (bicyclic) bond motifs is 1. The Kier molecular flexibility index (Phi) is 6.95. The number of para-hydroxylation sites is 1. The molecule has 1 amide bonds. The molecule has 0 spiro atoms. The van der Waals surface area contributed by atoms with Crippen LogP contribution in [0.1, 0.15) is 35.2 Å². The molecular weight excluding hydrogens is 486 g/mol. The van der Waals surface area contributed by atoms with Crippen LogP contribution in [0.4, 0.5) is 5.69 Å². The van der Waals surface area contributed by atoms with Crippen LogP contribution in [-0.4, -0.2) is 43.8 Å². The summed E-state index contributed by atoms with van der Waals surface area (Å²) in [5.41, 5.74) is 3.91.